The van der Waals surface area contributed by atoms with Crippen LogP contribution in [-0.2, 0) is 31.9 Å². The van der Waals surface area contributed by atoms with Gasteiger partial charge in [0.2, 0.25) is 5.91 Å². The molecule has 3 amide bonds. The molecule has 11 heteroatoms. The van der Waals surface area contributed by atoms with Crippen molar-refractivity contribution in [3.63, 3.8) is 0 Å². The highest BCUT2D eigenvalue weighted by molar-refractivity contribution is 7.11. The van der Waals surface area contributed by atoms with Crippen LogP contribution in [0.3, 0.4) is 0 Å². The van der Waals surface area contributed by atoms with E-state index in [1.54, 1.807) is 72.0 Å². The van der Waals surface area contributed by atoms with Gasteiger partial charge in [-0.3, -0.25) is 4.79 Å². The number of β-lactam (4-membered cyclic amide) rings is 1. The fraction of sp³-hybridized carbons (Fsp3) is 0.480. The number of carboxylic acid groups (broad SMARTS) is 1. The number of carbonyl (C=O) groups excluding carboxylic acids is 3. The van der Waals surface area contributed by atoms with Gasteiger partial charge in [0.1, 0.15) is 17.2 Å². The van der Waals surface area contributed by atoms with Gasteiger partial charge in [-0.2, -0.15) is 4.90 Å². The first kappa shape index (κ1) is 27.1. The molecule has 1 aliphatic rings. The number of thiazole rings is 1. The van der Waals surface area contributed by atoms with Crippen LogP contribution in [0, 0.1) is 5.92 Å². The molecule has 2 aromatic rings. The molecule has 2 N–H and O–H groups in total. The predicted molar refractivity (Wildman–Crippen MR) is 133 cm³/mol. The molecule has 1 aliphatic heterocycles. The number of benzene rings is 1. The second-order valence-electron chi connectivity index (χ2n) is 10.5. The van der Waals surface area contributed by atoms with Gasteiger partial charge in [0, 0.05) is 17.5 Å². The Kier molecular flexibility index (Phi) is 7.73. The van der Waals surface area contributed by atoms with Crippen molar-refractivity contribution >= 4 is 41.1 Å². The summed E-state index contributed by atoms with van der Waals surface area (Å²) in [5.74, 6) is -2.01. The lowest BCUT2D eigenvalue weighted by molar-refractivity contribution is -0.153. The maximum atomic E-state index is 13.1. The molecule has 1 aromatic heterocycles. The summed E-state index contributed by atoms with van der Waals surface area (Å²) in [6.07, 6.45) is 0.457. The second kappa shape index (κ2) is 10.3. The van der Waals surface area contributed by atoms with Gasteiger partial charge in [-0.15, -0.1) is 11.3 Å². The van der Waals surface area contributed by atoms with E-state index in [1.807, 2.05) is 0 Å². The molecule has 0 saturated carbocycles. The molecular formula is C25H31N3O7S. The van der Waals surface area contributed by atoms with Gasteiger partial charge in [-0.25, -0.2) is 19.4 Å². The Morgan fingerprint density at radius 2 is 1.64 bits per heavy atom. The lowest BCUT2D eigenvalue weighted by atomic mass is 9.87. The number of rotatable bonds is 6. The molecule has 0 aliphatic carbocycles. The summed E-state index contributed by atoms with van der Waals surface area (Å²) >= 11 is 1.34. The minimum atomic E-state index is -1.07. The number of carbonyl (C=O) groups is 4. The fourth-order valence-corrected chi connectivity index (χ4v) is 4.53. The molecule has 194 valence electrons. The monoisotopic (exact) mass is 517 g/mol. The number of hydrogen-bond acceptors (Lipinski definition) is 8. The molecule has 1 aromatic carbocycles. The van der Waals surface area contributed by atoms with E-state index in [-0.39, 0.29) is 12.3 Å². The summed E-state index contributed by atoms with van der Waals surface area (Å²) in [5, 5.41) is 12.3. The molecule has 10 nitrogen and oxygen atoms in total. The third kappa shape index (κ3) is 6.81. The average molecular weight is 518 g/mol. The van der Waals surface area contributed by atoms with E-state index in [2.05, 4.69) is 10.3 Å². The highest BCUT2D eigenvalue weighted by Gasteiger charge is 2.44. The Morgan fingerprint density at radius 3 is 2.17 bits per heavy atom. The first-order valence-electron chi connectivity index (χ1n) is 11.5. The Morgan fingerprint density at radius 1 is 1.06 bits per heavy atom. The topological polar surface area (TPSA) is 135 Å². The quantitative estimate of drug-likeness (QED) is 0.546. The number of para-hydroxylation sites is 1. The van der Waals surface area contributed by atoms with Crippen molar-refractivity contribution in [2.24, 2.45) is 5.92 Å². The number of nitrogens with zero attached hydrogens (tertiary/aromatic N) is 2. The van der Waals surface area contributed by atoms with E-state index in [0.717, 1.165) is 9.78 Å². The van der Waals surface area contributed by atoms with Crippen molar-refractivity contribution in [2.75, 3.05) is 4.90 Å². The van der Waals surface area contributed by atoms with Gasteiger partial charge in [0.25, 0.3) is 0 Å². The summed E-state index contributed by atoms with van der Waals surface area (Å²) in [7, 11) is 0. The number of aliphatic carboxylic acids is 1. The molecule has 0 radical (unpaired) electrons. The average Bonchev–Trinajstić information content (AvgIpc) is 3.16. The van der Waals surface area contributed by atoms with Crippen LogP contribution in [0.15, 0.2) is 30.5 Å². The summed E-state index contributed by atoms with van der Waals surface area (Å²) in [4.78, 5) is 55.3. The van der Waals surface area contributed by atoms with Gasteiger partial charge in [0.15, 0.2) is 0 Å². The largest absolute Gasteiger partial charge is 0.480 e. The molecule has 0 unspecified atom stereocenters. The molecule has 0 bridgehead atoms. The van der Waals surface area contributed by atoms with Crippen LogP contribution in [0.4, 0.5) is 15.3 Å². The zero-order valence-electron chi connectivity index (χ0n) is 21.2. The first-order valence-corrected chi connectivity index (χ1v) is 12.3. The number of ether oxygens (including phenoxy) is 2. The minimum absolute atomic E-state index is 0.268. The van der Waals surface area contributed by atoms with Crippen molar-refractivity contribution in [3.05, 3.63) is 45.9 Å². The van der Waals surface area contributed by atoms with Gasteiger partial charge < -0.3 is 19.9 Å². The van der Waals surface area contributed by atoms with Gasteiger partial charge in [-0.1, -0.05) is 18.2 Å². The predicted octanol–water partition coefficient (Wildman–Crippen LogP) is 4.15. The van der Waals surface area contributed by atoms with Crippen molar-refractivity contribution < 1.29 is 33.8 Å². The molecule has 36 heavy (non-hydrogen) atoms. The van der Waals surface area contributed by atoms with Crippen LogP contribution in [0.2, 0.25) is 0 Å². The molecule has 3 rings (SSSR count). The van der Waals surface area contributed by atoms with Crippen LogP contribution in [-0.4, -0.2) is 51.4 Å². The third-order valence-corrected chi connectivity index (χ3v) is 6.07. The molecule has 2 heterocycles. The number of amides is 3. The zero-order valence-corrected chi connectivity index (χ0v) is 22.0. The van der Waals surface area contributed by atoms with Crippen LogP contribution in [0.1, 0.15) is 57.0 Å². The van der Waals surface area contributed by atoms with E-state index in [0.29, 0.717) is 22.7 Å². The lowest BCUT2D eigenvalue weighted by Gasteiger charge is -2.33. The smallest absolute Gasteiger partial charge is 0.424 e. The normalized spacial score (nSPS) is 17.6. The van der Waals surface area contributed by atoms with Crippen molar-refractivity contribution in [1.29, 1.82) is 0 Å². The van der Waals surface area contributed by atoms with Crippen LogP contribution < -0.4 is 10.2 Å². The number of hydrogen-bond donors (Lipinski definition) is 2. The molecule has 1 saturated heterocycles. The Balaban J connectivity index is 1.86. The van der Waals surface area contributed by atoms with Crippen LogP contribution >= 0.6 is 11.3 Å². The summed E-state index contributed by atoms with van der Waals surface area (Å²) < 4.78 is 11.0. The number of nitrogens with one attached hydrogen (secondary N) is 1. The highest BCUT2D eigenvalue weighted by Crippen LogP contribution is 2.30. The Labute approximate surface area is 213 Å². The van der Waals surface area contributed by atoms with E-state index < -0.39 is 41.3 Å². The number of carboxylic acids is 1. The Bertz CT molecular complexity index is 1130. The van der Waals surface area contributed by atoms with Gasteiger partial charge in [0.05, 0.1) is 16.6 Å². The summed E-state index contributed by atoms with van der Waals surface area (Å²) in [6.45, 7) is 10.2. The first-order chi connectivity index (χ1) is 16.6. The van der Waals surface area contributed by atoms with Crippen molar-refractivity contribution in [1.82, 2.24) is 10.3 Å². The number of aromatic nitrogens is 1. The summed E-state index contributed by atoms with van der Waals surface area (Å²) in [5.41, 5.74) is -0.724. The fourth-order valence-electron chi connectivity index (χ4n) is 3.53. The zero-order chi connectivity index (χ0) is 26.8. The lowest BCUT2D eigenvalue weighted by Crippen LogP contribution is -2.62. The van der Waals surface area contributed by atoms with E-state index in [1.165, 1.54) is 11.3 Å². The molecule has 0 spiro atoms. The number of imide groups is 1. The third-order valence-electron chi connectivity index (χ3n) is 5.05. The molecule has 2 atom stereocenters. The summed E-state index contributed by atoms with van der Waals surface area (Å²) in [6, 6.07) is 5.99. The minimum Gasteiger partial charge on any atom is -0.480 e. The highest BCUT2D eigenvalue weighted by atomic mass is 32.1. The van der Waals surface area contributed by atoms with Crippen molar-refractivity contribution in [3.8, 4) is 0 Å². The van der Waals surface area contributed by atoms with Gasteiger partial charge >= 0.3 is 18.2 Å². The number of anilines is 1. The van der Waals surface area contributed by atoms with Crippen LogP contribution in [0.25, 0.3) is 0 Å². The Hall–Kier alpha value is -3.47. The maximum Gasteiger partial charge on any atom is 0.424 e. The maximum absolute atomic E-state index is 13.1. The van der Waals surface area contributed by atoms with E-state index >= 15 is 0 Å². The van der Waals surface area contributed by atoms with Crippen molar-refractivity contribution in [2.45, 2.75) is 71.6 Å². The standard InChI is InChI=1S/C25H31N3O7S/c1-24(2,3)34-22(32)28(23(33)35-25(4,5)6)17-10-8-7-9-14(17)11-18-26-13-15(36-18)12-16-19(21(30)31)27-20(16)29/h7-10,13,16,19H,11-12H2,1-6H3,(H,27,29)(H,30,31)/t16-,19+/m1/s1. The molecule has 1 fully saturated rings. The SMILES string of the molecule is CC(C)(C)OC(=O)N(C(=O)OC(C)(C)C)c1ccccc1Cc1ncc(C[C@H]2C(=O)N[C@@H]2C(=O)O)s1. The van der Waals surface area contributed by atoms with Gasteiger partial charge in [-0.05, 0) is 59.6 Å². The second-order valence-corrected chi connectivity index (χ2v) is 11.7. The van der Waals surface area contributed by atoms with E-state index in [4.69, 9.17) is 9.47 Å². The van der Waals surface area contributed by atoms with Crippen LogP contribution in [0.5, 0.6) is 0 Å². The van der Waals surface area contributed by atoms with E-state index in [9.17, 15) is 24.3 Å². The molecular weight excluding hydrogens is 486 g/mol.